The molecule has 1 amide bonds. The van der Waals surface area contributed by atoms with Crippen LogP contribution in [0.3, 0.4) is 0 Å². The number of nitrogen functional groups attached to an aromatic ring is 1. The third-order valence-corrected chi connectivity index (χ3v) is 5.77. The molecule has 0 spiro atoms. The number of nitrogens with two attached hydrogens (primary N) is 1. The number of aryl methyl sites for hydroxylation is 1. The number of piperidine rings is 1. The molecule has 9 nitrogen and oxygen atoms in total. The van der Waals surface area contributed by atoms with Gasteiger partial charge in [0.05, 0.1) is 24.0 Å². The van der Waals surface area contributed by atoms with Gasteiger partial charge in [0.25, 0.3) is 0 Å². The van der Waals surface area contributed by atoms with E-state index in [-0.39, 0.29) is 11.9 Å². The largest absolute Gasteiger partial charge is 0.452 e. The van der Waals surface area contributed by atoms with Crippen molar-refractivity contribution >= 4 is 22.7 Å². The summed E-state index contributed by atoms with van der Waals surface area (Å²) in [5.74, 6) is 1.19. The summed E-state index contributed by atoms with van der Waals surface area (Å²) >= 11 is 0. The standard InChI is InChI=1S/C21H23N7O2/c1-13(29)27-5-3-16(4-6-27)28-12-14(8-25-28)18-10-23-21(22)20-17(18)7-19(30-20)15-9-24-26(2)11-15/h7-12,16H,3-6H2,1-2H3,(H2,22,23). The number of aromatic nitrogens is 5. The second-order valence-electron chi connectivity index (χ2n) is 7.76. The molecule has 1 aliphatic rings. The van der Waals surface area contributed by atoms with Gasteiger partial charge in [-0.15, -0.1) is 0 Å². The van der Waals surface area contributed by atoms with Gasteiger partial charge in [-0.1, -0.05) is 0 Å². The van der Waals surface area contributed by atoms with Crippen LogP contribution in [-0.4, -0.2) is 48.4 Å². The van der Waals surface area contributed by atoms with Crippen molar-refractivity contribution in [3.8, 4) is 22.5 Å². The van der Waals surface area contributed by atoms with Crippen LogP contribution in [0.15, 0.2) is 41.5 Å². The summed E-state index contributed by atoms with van der Waals surface area (Å²) in [5.41, 5.74) is 9.41. The van der Waals surface area contributed by atoms with Gasteiger partial charge in [-0.2, -0.15) is 10.2 Å². The molecule has 0 saturated carbocycles. The van der Waals surface area contributed by atoms with Crippen LogP contribution in [0.2, 0.25) is 0 Å². The van der Waals surface area contributed by atoms with Gasteiger partial charge in [-0.25, -0.2) is 4.98 Å². The maximum atomic E-state index is 11.6. The predicted octanol–water partition coefficient (Wildman–Crippen LogP) is 2.86. The van der Waals surface area contributed by atoms with E-state index in [1.54, 1.807) is 24.0 Å². The van der Waals surface area contributed by atoms with E-state index in [0.717, 1.165) is 48.0 Å². The monoisotopic (exact) mass is 405 g/mol. The summed E-state index contributed by atoms with van der Waals surface area (Å²) in [5, 5.41) is 9.70. The number of fused-ring (bicyclic) bond motifs is 1. The molecule has 1 saturated heterocycles. The molecule has 1 aliphatic heterocycles. The Balaban J connectivity index is 1.48. The van der Waals surface area contributed by atoms with Gasteiger partial charge in [0.1, 0.15) is 5.76 Å². The molecule has 5 heterocycles. The van der Waals surface area contributed by atoms with E-state index in [1.165, 1.54) is 0 Å². The molecule has 154 valence electrons. The van der Waals surface area contributed by atoms with Crippen molar-refractivity contribution in [3.63, 3.8) is 0 Å². The molecule has 0 radical (unpaired) electrons. The summed E-state index contributed by atoms with van der Waals surface area (Å²) in [6.07, 6.45) is 11.1. The number of amides is 1. The molecule has 4 aromatic heterocycles. The van der Waals surface area contributed by atoms with Gasteiger partial charge >= 0.3 is 0 Å². The van der Waals surface area contributed by atoms with Crippen LogP contribution >= 0.6 is 0 Å². The maximum absolute atomic E-state index is 11.6. The van der Waals surface area contributed by atoms with Crippen molar-refractivity contribution in [2.24, 2.45) is 7.05 Å². The summed E-state index contributed by atoms with van der Waals surface area (Å²) in [6, 6.07) is 2.25. The van der Waals surface area contributed by atoms with E-state index in [9.17, 15) is 4.79 Å². The normalized spacial score (nSPS) is 15.2. The highest BCUT2D eigenvalue weighted by Crippen LogP contribution is 2.36. The summed E-state index contributed by atoms with van der Waals surface area (Å²) in [4.78, 5) is 17.8. The first-order chi connectivity index (χ1) is 14.5. The van der Waals surface area contributed by atoms with Crippen LogP contribution in [0.4, 0.5) is 5.82 Å². The van der Waals surface area contributed by atoms with Crippen LogP contribution in [0.25, 0.3) is 33.4 Å². The summed E-state index contributed by atoms with van der Waals surface area (Å²) in [7, 11) is 1.86. The number of hydrogen-bond donors (Lipinski definition) is 1. The van der Waals surface area contributed by atoms with E-state index in [4.69, 9.17) is 10.2 Å². The van der Waals surface area contributed by atoms with Gasteiger partial charge < -0.3 is 15.1 Å². The lowest BCUT2D eigenvalue weighted by Crippen LogP contribution is -2.37. The smallest absolute Gasteiger partial charge is 0.219 e. The Morgan fingerprint density at radius 2 is 1.90 bits per heavy atom. The molecule has 0 aromatic carbocycles. The van der Waals surface area contributed by atoms with Gasteiger partial charge in [0, 0.05) is 62.2 Å². The zero-order valence-electron chi connectivity index (χ0n) is 16.9. The van der Waals surface area contributed by atoms with Crippen molar-refractivity contribution in [2.45, 2.75) is 25.8 Å². The molecule has 0 aliphatic carbocycles. The van der Waals surface area contributed by atoms with Crippen molar-refractivity contribution in [3.05, 3.63) is 37.1 Å². The zero-order valence-corrected chi connectivity index (χ0v) is 16.9. The highest BCUT2D eigenvalue weighted by molar-refractivity contribution is 6.00. The molecule has 0 atom stereocenters. The molecule has 5 rings (SSSR count). The minimum absolute atomic E-state index is 0.134. The Labute approximate surface area is 173 Å². The quantitative estimate of drug-likeness (QED) is 0.561. The molecule has 2 N–H and O–H groups in total. The lowest BCUT2D eigenvalue weighted by molar-refractivity contribution is -0.130. The number of likely N-dealkylation sites (tertiary alicyclic amines) is 1. The van der Waals surface area contributed by atoms with Crippen LogP contribution in [0.1, 0.15) is 25.8 Å². The highest BCUT2D eigenvalue weighted by atomic mass is 16.3. The molecular weight excluding hydrogens is 382 g/mol. The second kappa shape index (κ2) is 7.01. The Kier molecular flexibility index (Phi) is 4.30. The first-order valence-electron chi connectivity index (χ1n) is 9.96. The Morgan fingerprint density at radius 3 is 2.60 bits per heavy atom. The maximum Gasteiger partial charge on any atom is 0.219 e. The molecule has 0 bridgehead atoms. The Hall–Kier alpha value is -3.62. The zero-order chi connectivity index (χ0) is 20.8. The fraction of sp³-hybridized carbons (Fsp3) is 0.333. The topological polar surface area (TPSA) is 108 Å². The number of hydrogen-bond acceptors (Lipinski definition) is 6. The average molecular weight is 405 g/mol. The summed E-state index contributed by atoms with van der Waals surface area (Å²) < 4.78 is 9.74. The van der Waals surface area contributed by atoms with E-state index in [1.807, 2.05) is 41.3 Å². The number of furan rings is 1. The van der Waals surface area contributed by atoms with Gasteiger partial charge in [0.15, 0.2) is 11.4 Å². The van der Waals surface area contributed by atoms with Crippen molar-refractivity contribution in [2.75, 3.05) is 18.8 Å². The number of carbonyl (C=O) groups is 1. The molecule has 30 heavy (non-hydrogen) atoms. The second-order valence-corrected chi connectivity index (χ2v) is 7.76. The van der Waals surface area contributed by atoms with Crippen LogP contribution < -0.4 is 5.73 Å². The van der Waals surface area contributed by atoms with E-state index in [0.29, 0.717) is 17.2 Å². The number of carbonyl (C=O) groups excluding carboxylic acids is 1. The van der Waals surface area contributed by atoms with Crippen molar-refractivity contribution in [1.29, 1.82) is 0 Å². The Morgan fingerprint density at radius 1 is 1.13 bits per heavy atom. The van der Waals surface area contributed by atoms with Crippen LogP contribution in [0, 0.1) is 0 Å². The van der Waals surface area contributed by atoms with Crippen LogP contribution in [-0.2, 0) is 11.8 Å². The van der Waals surface area contributed by atoms with E-state index in [2.05, 4.69) is 15.2 Å². The lowest BCUT2D eigenvalue weighted by atomic mass is 10.0. The minimum atomic E-state index is 0.134. The number of rotatable bonds is 3. The minimum Gasteiger partial charge on any atom is -0.452 e. The SMILES string of the molecule is CC(=O)N1CCC(n2cc(-c3cnc(N)c4oc(-c5cnn(C)c5)cc34)cn2)CC1. The lowest BCUT2D eigenvalue weighted by Gasteiger charge is -2.31. The first kappa shape index (κ1) is 18.4. The van der Waals surface area contributed by atoms with Gasteiger partial charge in [-0.05, 0) is 18.9 Å². The molecule has 0 unspecified atom stereocenters. The van der Waals surface area contributed by atoms with Gasteiger partial charge in [-0.3, -0.25) is 14.2 Å². The summed E-state index contributed by atoms with van der Waals surface area (Å²) in [6.45, 7) is 3.15. The highest BCUT2D eigenvalue weighted by Gasteiger charge is 2.23. The number of pyridine rings is 1. The van der Waals surface area contributed by atoms with E-state index < -0.39 is 0 Å². The molecule has 1 fully saturated rings. The van der Waals surface area contributed by atoms with E-state index >= 15 is 0 Å². The Bertz CT molecular complexity index is 1230. The molecule has 9 heteroatoms. The molecule has 4 aromatic rings. The first-order valence-corrected chi connectivity index (χ1v) is 9.96. The molecular formula is C21H23N7O2. The van der Waals surface area contributed by atoms with Crippen LogP contribution in [0.5, 0.6) is 0 Å². The third-order valence-electron chi connectivity index (χ3n) is 5.77. The fourth-order valence-electron chi connectivity index (χ4n) is 4.09. The number of anilines is 1. The fourth-order valence-corrected chi connectivity index (χ4v) is 4.09. The third kappa shape index (κ3) is 3.12. The van der Waals surface area contributed by atoms with Crippen molar-refractivity contribution < 1.29 is 9.21 Å². The van der Waals surface area contributed by atoms with Gasteiger partial charge in [0.2, 0.25) is 5.91 Å². The number of nitrogens with zero attached hydrogens (tertiary/aromatic N) is 6. The predicted molar refractivity (Wildman–Crippen MR) is 112 cm³/mol. The van der Waals surface area contributed by atoms with Crippen molar-refractivity contribution in [1.82, 2.24) is 29.4 Å². The average Bonchev–Trinajstić information content (AvgIpc) is 3.48.